The fraction of sp³-hybridized carbons (Fsp3) is 0.636. The summed E-state index contributed by atoms with van der Waals surface area (Å²) in [6.07, 6.45) is 0. The minimum Gasteiger partial charge on any atom is -0.383 e. The molecule has 0 aromatic carbocycles. The van der Waals surface area contributed by atoms with Crippen LogP contribution in [0, 0.1) is 5.41 Å². The molecule has 1 saturated heterocycles. The van der Waals surface area contributed by atoms with Crippen LogP contribution >= 0.6 is 11.3 Å². The van der Waals surface area contributed by atoms with Crippen LogP contribution in [-0.4, -0.2) is 37.1 Å². The summed E-state index contributed by atoms with van der Waals surface area (Å²) in [4.78, 5) is 7.63. The van der Waals surface area contributed by atoms with Gasteiger partial charge in [0, 0.05) is 13.1 Å². The largest absolute Gasteiger partial charge is 0.383 e. The molecule has 94 valence electrons. The Hall–Kier alpha value is -1.14. The first-order valence-electron chi connectivity index (χ1n) is 5.77. The molecule has 1 aliphatic rings. The normalized spacial score (nSPS) is 16.5. The molecule has 1 aromatic heterocycles. The van der Waals surface area contributed by atoms with Crippen molar-refractivity contribution >= 4 is 22.3 Å². The molecule has 0 saturated carbocycles. The molecule has 2 heterocycles. The summed E-state index contributed by atoms with van der Waals surface area (Å²) >= 11 is 1.51. The van der Waals surface area contributed by atoms with E-state index < -0.39 is 0 Å². The van der Waals surface area contributed by atoms with Gasteiger partial charge < -0.3 is 15.4 Å². The van der Waals surface area contributed by atoms with Crippen LogP contribution in [0.1, 0.15) is 30.3 Å². The summed E-state index contributed by atoms with van der Waals surface area (Å²) in [6, 6.07) is 0. The van der Waals surface area contributed by atoms with Crippen molar-refractivity contribution in [1.29, 1.82) is 5.41 Å². The smallest absolute Gasteiger partial charge is 0.186 e. The van der Waals surface area contributed by atoms with Gasteiger partial charge >= 0.3 is 0 Å². The molecular formula is C11H18N4OS. The van der Waals surface area contributed by atoms with Gasteiger partial charge in [-0.15, -0.1) is 0 Å². The van der Waals surface area contributed by atoms with Gasteiger partial charge in [-0.2, -0.15) is 0 Å². The van der Waals surface area contributed by atoms with E-state index in [1.165, 1.54) is 11.3 Å². The van der Waals surface area contributed by atoms with Crippen molar-refractivity contribution in [3.63, 3.8) is 0 Å². The standard InChI is InChI=1S/C11H18N4OS/c1-7(2)8-9(10(12)13)17-11(14-8)15-3-5-16-6-4-15/h7H,3-6H2,1-2H3,(H3,12,13). The van der Waals surface area contributed by atoms with E-state index in [4.69, 9.17) is 15.9 Å². The van der Waals surface area contributed by atoms with Gasteiger partial charge in [0.25, 0.3) is 0 Å². The Morgan fingerprint density at radius 3 is 2.59 bits per heavy atom. The topological polar surface area (TPSA) is 75.2 Å². The molecule has 5 nitrogen and oxygen atoms in total. The lowest BCUT2D eigenvalue weighted by Gasteiger charge is -2.26. The van der Waals surface area contributed by atoms with Crippen molar-refractivity contribution in [3.8, 4) is 0 Å². The van der Waals surface area contributed by atoms with Gasteiger partial charge in [0.2, 0.25) is 0 Å². The number of thiazole rings is 1. The minimum absolute atomic E-state index is 0.116. The lowest BCUT2D eigenvalue weighted by Crippen LogP contribution is -2.36. The molecule has 0 unspecified atom stereocenters. The second-order valence-electron chi connectivity index (χ2n) is 4.38. The Balaban J connectivity index is 2.29. The summed E-state index contributed by atoms with van der Waals surface area (Å²) in [6.45, 7) is 7.36. The lowest BCUT2D eigenvalue weighted by atomic mass is 10.1. The predicted octanol–water partition coefficient (Wildman–Crippen LogP) is 1.39. The molecule has 17 heavy (non-hydrogen) atoms. The van der Waals surface area contributed by atoms with Crippen molar-refractivity contribution in [2.75, 3.05) is 31.2 Å². The van der Waals surface area contributed by atoms with Gasteiger partial charge in [0.15, 0.2) is 5.13 Å². The molecule has 2 rings (SSSR count). The van der Waals surface area contributed by atoms with Crippen LogP contribution < -0.4 is 10.6 Å². The van der Waals surface area contributed by atoms with Crippen LogP contribution in [0.25, 0.3) is 0 Å². The van der Waals surface area contributed by atoms with Crippen LogP contribution in [0.4, 0.5) is 5.13 Å². The Kier molecular flexibility index (Phi) is 3.63. The van der Waals surface area contributed by atoms with Gasteiger partial charge in [-0.05, 0) is 5.92 Å². The number of nitrogens with zero attached hydrogens (tertiary/aromatic N) is 2. The zero-order chi connectivity index (χ0) is 12.4. The average molecular weight is 254 g/mol. The first kappa shape index (κ1) is 12.3. The van der Waals surface area contributed by atoms with E-state index in [1.807, 2.05) is 0 Å². The minimum atomic E-state index is 0.116. The number of hydrogen-bond donors (Lipinski definition) is 2. The number of hydrogen-bond acceptors (Lipinski definition) is 5. The van der Waals surface area contributed by atoms with Crippen LogP contribution in [0.15, 0.2) is 0 Å². The molecular weight excluding hydrogens is 236 g/mol. The Morgan fingerprint density at radius 2 is 2.12 bits per heavy atom. The third-order valence-corrected chi connectivity index (χ3v) is 3.88. The second-order valence-corrected chi connectivity index (χ2v) is 5.36. The number of aromatic nitrogens is 1. The maximum atomic E-state index is 7.60. The molecule has 0 spiro atoms. The fourth-order valence-corrected chi connectivity index (χ4v) is 2.93. The summed E-state index contributed by atoms with van der Waals surface area (Å²) in [5.41, 5.74) is 6.54. The number of nitrogen functional groups attached to an aromatic ring is 1. The molecule has 3 N–H and O–H groups in total. The van der Waals surface area contributed by atoms with Crippen LogP contribution in [-0.2, 0) is 4.74 Å². The molecule has 6 heteroatoms. The van der Waals surface area contributed by atoms with E-state index in [0.29, 0.717) is 5.92 Å². The highest BCUT2D eigenvalue weighted by Gasteiger charge is 2.21. The number of ether oxygens (including phenoxy) is 1. The van der Waals surface area contributed by atoms with Crippen molar-refractivity contribution in [2.24, 2.45) is 5.73 Å². The Bertz CT molecular complexity index is 410. The van der Waals surface area contributed by atoms with E-state index in [0.717, 1.165) is 42.0 Å². The van der Waals surface area contributed by atoms with Gasteiger partial charge in [0.05, 0.1) is 23.8 Å². The molecule has 0 radical (unpaired) electrons. The molecule has 0 atom stereocenters. The summed E-state index contributed by atoms with van der Waals surface area (Å²) in [5.74, 6) is 0.408. The lowest BCUT2D eigenvalue weighted by molar-refractivity contribution is 0.122. The van der Waals surface area contributed by atoms with Gasteiger partial charge in [-0.1, -0.05) is 25.2 Å². The zero-order valence-corrected chi connectivity index (χ0v) is 11.0. The highest BCUT2D eigenvalue weighted by atomic mass is 32.1. The third kappa shape index (κ3) is 2.58. The number of rotatable bonds is 3. The molecule has 0 bridgehead atoms. The Labute approximate surface area is 105 Å². The number of anilines is 1. The van der Waals surface area contributed by atoms with Crippen molar-refractivity contribution < 1.29 is 4.74 Å². The second kappa shape index (κ2) is 5.01. The van der Waals surface area contributed by atoms with Crippen LogP contribution in [0.5, 0.6) is 0 Å². The van der Waals surface area contributed by atoms with Crippen molar-refractivity contribution in [1.82, 2.24) is 4.98 Å². The summed E-state index contributed by atoms with van der Waals surface area (Å²) < 4.78 is 5.32. The van der Waals surface area contributed by atoms with Gasteiger partial charge in [0.1, 0.15) is 5.84 Å². The number of amidine groups is 1. The van der Waals surface area contributed by atoms with Gasteiger partial charge in [-0.25, -0.2) is 4.98 Å². The zero-order valence-electron chi connectivity index (χ0n) is 10.2. The predicted molar refractivity (Wildman–Crippen MR) is 70.3 cm³/mol. The molecule has 1 fully saturated rings. The fourth-order valence-electron chi connectivity index (χ4n) is 1.79. The van der Waals surface area contributed by atoms with Crippen LogP contribution in [0.3, 0.4) is 0 Å². The van der Waals surface area contributed by atoms with E-state index >= 15 is 0 Å². The van der Waals surface area contributed by atoms with E-state index in [-0.39, 0.29) is 5.84 Å². The van der Waals surface area contributed by atoms with E-state index in [9.17, 15) is 0 Å². The highest BCUT2D eigenvalue weighted by molar-refractivity contribution is 7.17. The number of morpholine rings is 1. The molecule has 1 aromatic rings. The molecule has 0 amide bonds. The number of nitrogens with one attached hydrogen (secondary N) is 1. The number of nitrogens with two attached hydrogens (primary N) is 1. The van der Waals surface area contributed by atoms with Crippen molar-refractivity contribution in [2.45, 2.75) is 19.8 Å². The first-order chi connectivity index (χ1) is 8.09. The quantitative estimate of drug-likeness (QED) is 0.631. The van der Waals surface area contributed by atoms with Gasteiger partial charge in [-0.3, -0.25) is 5.41 Å². The third-order valence-electron chi connectivity index (χ3n) is 2.72. The maximum absolute atomic E-state index is 7.60. The highest BCUT2D eigenvalue weighted by Crippen LogP contribution is 2.30. The SMILES string of the molecule is CC(C)c1nc(N2CCOCC2)sc1C(=N)N. The molecule has 0 aliphatic carbocycles. The van der Waals surface area contributed by atoms with E-state index in [2.05, 4.69) is 23.7 Å². The summed E-state index contributed by atoms with van der Waals surface area (Å²) in [5, 5.41) is 8.56. The Morgan fingerprint density at radius 1 is 1.47 bits per heavy atom. The van der Waals surface area contributed by atoms with Crippen LogP contribution in [0.2, 0.25) is 0 Å². The average Bonchev–Trinajstić information content (AvgIpc) is 2.75. The van der Waals surface area contributed by atoms with E-state index in [1.54, 1.807) is 0 Å². The van der Waals surface area contributed by atoms with Crippen molar-refractivity contribution in [3.05, 3.63) is 10.6 Å². The maximum Gasteiger partial charge on any atom is 0.186 e. The molecule has 1 aliphatic heterocycles. The summed E-state index contributed by atoms with van der Waals surface area (Å²) in [7, 11) is 0. The first-order valence-corrected chi connectivity index (χ1v) is 6.59. The monoisotopic (exact) mass is 254 g/mol.